The molecule has 0 bridgehead atoms. The van der Waals surface area contributed by atoms with Crippen LogP contribution in [0.4, 0.5) is 5.69 Å². The molecule has 1 aliphatic rings. The van der Waals surface area contributed by atoms with E-state index in [-0.39, 0.29) is 11.8 Å². The molecule has 0 radical (unpaired) electrons. The van der Waals surface area contributed by atoms with E-state index in [0.29, 0.717) is 44.8 Å². The highest BCUT2D eigenvalue weighted by Gasteiger charge is 2.23. The third kappa shape index (κ3) is 4.46. The van der Waals surface area contributed by atoms with E-state index in [9.17, 15) is 9.59 Å². The van der Waals surface area contributed by atoms with Gasteiger partial charge in [-0.25, -0.2) is 0 Å². The van der Waals surface area contributed by atoms with Crippen LogP contribution in [-0.2, 0) is 20.7 Å². The molecule has 2 amide bonds. The van der Waals surface area contributed by atoms with Gasteiger partial charge in [-0.05, 0) is 25.0 Å². The van der Waals surface area contributed by atoms with Gasteiger partial charge in [-0.15, -0.1) is 0 Å². The first kappa shape index (κ1) is 16.3. The van der Waals surface area contributed by atoms with Crippen molar-refractivity contribution in [3.63, 3.8) is 0 Å². The van der Waals surface area contributed by atoms with Crippen molar-refractivity contribution in [1.29, 1.82) is 0 Å². The van der Waals surface area contributed by atoms with Crippen molar-refractivity contribution < 1.29 is 14.3 Å². The van der Waals surface area contributed by atoms with Crippen LogP contribution in [0.2, 0.25) is 0 Å². The summed E-state index contributed by atoms with van der Waals surface area (Å²) in [4.78, 5) is 25.9. The first-order chi connectivity index (χ1) is 10.6. The minimum Gasteiger partial charge on any atom is -0.399 e. The highest BCUT2D eigenvalue weighted by atomic mass is 16.5. The van der Waals surface area contributed by atoms with Gasteiger partial charge in [0.2, 0.25) is 11.8 Å². The Morgan fingerprint density at radius 2 is 2.00 bits per heavy atom. The van der Waals surface area contributed by atoms with Crippen molar-refractivity contribution >= 4 is 17.5 Å². The number of nitrogens with zero attached hydrogens (tertiary/aromatic N) is 1. The summed E-state index contributed by atoms with van der Waals surface area (Å²) < 4.78 is 5.22. The monoisotopic (exact) mass is 305 g/mol. The van der Waals surface area contributed by atoms with Gasteiger partial charge in [0, 0.05) is 25.2 Å². The van der Waals surface area contributed by atoms with Gasteiger partial charge in [-0.3, -0.25) is 9.59 Å². The molecule has 6 nitrogen and oxygen atoms in total. The fourth-order valence-corrected chi connectivity index (χ4v) is 2.44. The van der Waals surface area contributed by atoms with E-state index in [4.69, 9.17) is 10.5 Å². The van der Waals surface area contributed by atoms with E-state index in [1.807, 2.05) is 24.3 Å². The van der Waals surface area contributed by atoms with Crippen LogP contribution in [0.25, 0.3) is 0 Å². The molecule has 6 heteroatoms. The van der Waals surface area contributed by atoms with Crippen LogP contribution in [0, 0.1) is 0 Å². The van der Waals surface area contributed by atoms with Gasteiger partial charge in [-0.2, -0.15) is 0 Å². The van der Waals surface area contributed by atoms with Crippen molar-refractivity contribution in [2.75, 3.05) is 32.0 Å². The Morgan fingerprint density at radius 1 is 1.32 bits per heavy atom. The van der Waals surface area contributed by atoms with Crippen molar-refractivity contribution in [3.05, 3.63) is 29.8 Å². The summed E-state index contributed by atoms with van der Waals surface area (Å²) in [5.74, 6) is -0.201. The first-order valence-electron chi connectivity index (χ1n) is 7.57. The van der Waals surface area contributed by atoms with E-state index in [2.05, 4.69) is 5.32 Å². The van der Waals surface area contributed by atoms with E-state index >= 15 is 0 Å². The average Bonchev–Trinajstić information content (AvgIpc) is 2.54. The molecule has 0 aromatic heterocycles. The number of amides is 2. The molecule has 1 saturated heterocycles. The minimum atomic E-state index is -0.515. The molecule has 22 heavy (non-hydrogen) atoms. The number of benzene rings is 1. The van der Waals surface area contributed by atoms with E-state index in [1.54, 1.807) is 11.8 Å². The number of hydrogen-bond acceptors (Lipinski definition) is 4. The second-order valence-electron chi connectivity index (χ2n) is 5.43. The van der Waals surface area contributed by atoms with Crippen molar-refractivity contribution in [3.8, 4) is 0 Å². The summed E-state index contributed by atoms with van der Waals surface area (Å²) in [5, 5.41) is 2.75. The van der Waals surface area contributed by atoms with Gasteiger partial charge in [0.15, 0.2) is 0 Å². The van der Waals surface area contributed by atoms with Crippen LogP contribution in [0.3, 0.4) is 0 Å². The molecule has 1 aromatic carbocycles. The van der Waals surface area contributed by atoms with Gasteiger partial charge in [0.05, 0.1) is 13.2 Å². The highest BCUT2D eigenvalue weighted by Crippen LogP contribution is 2.12. The number of nitrogens with one attached hydrogen (secondary N) is 1. The van der Waals surface area contributed by atoms with E-state index < -0.39 is 6.04 Å². The van der Waals surface area contributed by atoms with E-state index in [1.165, 1.54) is 0 Å². The normalized spacial score (nSPS) is 16.1. The number of rotatable bonds is 5. The van der Waals surface area contributed by atoms with Crippen LogP contribution >= 0.6 is 0 Å². The van der Waals surface area contributed by atoms with Gasteiger partial charge in [0.1, 0.15) is 6.04 Å². The van der Waals surface area contributed by atoms with Gasteiger partial charge >= 0.3 is 0 Å². The maximum atomic E-state index is 12.2. The van der Waals surface area contributed by atoms with Crippen molar-refractivity contribution in [1.82, 2.24) is 10.2 Å². The van der Waals surface area contributed by atoms with Crippen LogP contribution in [0.5, 0.6) is 0 Å². The molecule has 1 aliphatic heterocycles. The summed E-state index contributed by atoms with van der Waals surface area (Å²) in [7, 11) is 0. The fourth-order valence-electron chi connectivity index (χ4n) is 2.44. The zero-order valence-corrected chi connectivity index (χ0v) is 12.9. The number of anilines is 1. The molecule has 1 atom stereocenters. The number of hydrogen-bond donors (Lipinski definition) is 2. The smallest absolute Gasteiger partial charge is 0.245 e. The largest absolute Gasteiger partial charge is 0.399 e. The molecular weight excluding hydrogens is 282 g/mol. The molecule has 1 heterocycles. The average molecular weight is 305 g/mol. The second kappa shape index (κ2) is 7.79. The number of aryl methyl sites for hydroxylation is 1. The molecule has 0 spiro atoms. The Labute approximate surface area is 130 Å². The Kier molecular flexibility index (Phi) is 5.77. The lowest BCUT2D eigenvalue weighted by atomic mass is 10.1. The fraction of sp³-hybridized carbons (Fsp3) is 0.500. The maximum Gasteiger partial charge on any atom is 0.245 e. The van der Waals surface area contributed by atoms with Gasteiger partial charge in [-0.1, -0.05) is 18.2 Å². The van der Waals surface area contributed by atoms with Gasteiger partial charge in [0.25, 0.3) is 0 Å². The number of carbonyl (C=O) groups excluding carboxylic acids is 2. The Bertz CT molecular complexity index is 527. The predicted octanol–water partition coefficient (Wildman–Crippen LogP) is 0.565. The Morgan fingerprint density at radius 3 is 2.68 bits per heavy atom. The molecule has 1 aromatic rings. The molecule has 0 aliphatic carbocycles. The number of para-hydroxylation sites is 1. The summed E-state index contributed by atoms with van der Waals surface area (Å²) in [6.45, 7) is 3.99. The molecule has 2 rings (SSSR count). The molecule has 1 fully saturated rings. The van der Waals surface area contributed by atoms with Crippen molar-refractivity contribution in [2.24, 2.45) is 0 Å². The second-order valence-corrected chi connectivity index (χ2v) is 5.43. The quantitative estimate of drug-likeness (QED) is 0.779. The maximum absolute atomic E-state index is 12.2. The first-order valence-corrected chi connectivity index (χ1v) is 7.57. The number of morpholine rings is 1. The third-order valence-electron chi connectivity index (χ3n) is 3.75. The number of nitrogen functional groups attached to an aromatic ring is 1. The number of carbonyl (C=O) groups is 2. The third-order valence-corrected chi connectivity index (χ3v) is 3.75. The van der Waals surface area contributed by atoms with Crippen LogP contribution in [0.15, 0.2) is 24.3 Å². The Balaban J connectivity index is 1.78. The molecular formula is C16H23N3O3. The predicted molar refractivity (Wildman–Crippen MR) is 84.2 cm³/mol. The zero-order valence-electron chi connectivity index (χ0n) is 12.9. The lowest BCUT2D eigenvalue weighted by molar-refractivity contribution is -0.139. The SMILES string of the molecule is CC(NC(=O)CCc1ccccc1N)C(=O)N1CCOCC1. The van der Waals surface area contributed by atoms with Crippen molar-refractivity contribution in [2.45, 2.75) is 25.8 Å². The summed E-state index contributed by atoms with van der Waals surface area (Å²) >= 11 is 0. The molecule has 3 N–H and O–H groups in total. The van der Waals surface area contributed by atoms with Crippen LogP contribution in [0.1, 0.15) is 18.9 Å². The summed E-state index contributed by atoms with van der Waals surface area (Å²) in [6.07, 6.45) is 0.881. The molecule has 0 saturated carbocycles. The lowest BCUT2D eigenvalue weighted by Crippen LogP contribution is -2.50. The van der Waals surface area contributed by atoms with Gasteiger partial charge < -0.3 is 20.7 Å². The van der Waals surface area contributed by atoms with Crippen LogP contribution in [-0.4, -0.2) is 49.1 Å². The van der Waals surface area contributed by atoms with Crippen LogP contribution < -0.4 is 11.1 Å². The zero-order chi connectivity index (χ0) is 15.9. The van der Waals surface area contributed by atoms with E-state index in [0.717, 1.165) is 5.56 Å². The topological polar surface area (TPSA) is 84.7 Å². The molecule has 120 valence electrons. The summed E-state index contributed by atoms with van der Waals surface area (Å²) in [5.41, 5.74) is 7.49. The summed E-state index contributed by atoms with van der Waals surface area (Å²) in [6, 6.07) is 6.97. The lowest BCUT2D eigenvalue weighted by Gasteiger charge is -2.29. The highest BCUT2D eigenvalue weighted by molar-refractivity contribution is 5.87. The standard InChI is InChI=1S/C16H23N3O3/c1-12(16(21)19-8-10-22-11-9-19)18-15(20)7-6-13-4-2-3-5-14(13)17/h2-5,12H,6-11,17H2,1H3,(H,18,20). The Hall–Kier alpha value is -2.08. The minimum absolute atomic E-state index is 0.0594. The number of ether oxygens (including phenoxy) is 1. The molecule has 1 unspecified atom stereocenters. The number of nitrogens with two attached hydrogens (primary N) is 1.